The van der Waals surface area contributed by atoms with E-state index in [2.05, 4.69) is 193 Å². The van der Waals surface area contributed by atoms with Gasteiger partial charge in [0, 0.05) is 16.8 Å². The molecule has 0 atom stereocenters. The number of hydrogen-bond acceptors (Lipinski definition) is 1. The average molecular weight is 574 g/mol. The summed E-state index contributed by atoms with van der Waals surface area (Å²) in [5, 5.41) is 4.96. The lowest BCUT2D eigenvalue weighted by atomic mass is 9.93. The van der Waals surface area contributed by atoms with Gasteiger partial charge in [0.1, 0.15) is 0 Å². The summed E-state index contributed by atoms with van der Waals surface area (Å²) in [6, 6.07) is 67.6. The van der Waals surface area contributed by atoms with E-state index >= 15 is 0 Å². The number of hydrogen-bond donors (Lipinski definition) is 0. The van der Waals surface area contributed by atoms with Crippen molar-refractivity contribution in [3.05, 3.63) is 188 Å². The molecule has 45 heavy (non-hydrogen) atoms. The zero-order valence-corrected chi connectivity index (χ0v) is 24.8. The largest absolute Gasteiger partial charge is 0.310 e. The van der Waals surface area contributed by atoms with Gasteiger partial charge in [-0.3, -0.25) is 0 Å². The Labute approximate surface area is 264 Å². The lowest BCUT2D eigenvalue weighted by Crippen LogP contribution is -2.10. The van der Waals surface area contributed by atoms with Gasteiger partial charge in [0.2, 0.25) is 0 Å². The molecule has 212 valence electrons. The molecule has 0 aliphatic carbocycles. The molecule has 0 aliphatic heterocycles. The smallest absolute Gasteiger partial charge is 0.0540 e. The molecule has 0 N–H and O–H groups in total. The molecule has 0 spiro atoms. The normalized spacial score (nSPS) is 11.1. The molecule has 8 aromatic carbocycles. The number of benzene rings is 8. The highest BCUT2D eigenvalue weighted by atomic mass is 15.1. The molecule has 0 saturated heterocycles. The molecule has 0 fully saturated rings. The molecule has 8 aromatic rings. The standard InChI is InChI=1S/C44H31N/c1-3-12-32(13-4-1)34-24-28-37(29-25-34)45(38-30-26-35(27-31-38)33-14-5-2-6-15-33)44-23-11-21-42-41(20-10-22-43(42)44)40-19-9-17-36-16-7-8-18-39(36)40/h1-31H. The van der Waals surface area contributed by atoms with Crippen LogP contribution in [-0.2, 0) is 0 Å². The van der Waals surface area contributed by atoms with Crippen molar-refractivity contribution in [3.63, 3.8) is 0 Å². The Morgan fingerprint density at radius 2 is 0.689 bits per heavy atom. The minimum Gasteiger partial charge on any atom is -0.310 e. The van der Waals surface area contributed by atoms with Crippen molar-refractivity contribution in [2.24, 2.45) is 0 Å². The second kappa shape index (κ2) is 11.6. The van der Waals surface area contributed by atoms with Gasteiger partial charge in [-0.1, -0.05) is 158 Å². The van der Waals surface area contributed by atoms with E-state index in [1.165, 1.54) is 54.9 Å². The summed E-state index contributed by atoms with van der Waals surface area (Å²) >= 11 is 0. The number of anilines is 3. The van der Waals surface area contributed by atoms with Crippen LogP contribution in [0.3, 0.4) is 0 Å². The predicted octanol–water partition coefficient (Wildman–Crippen LogP) is 12.5. The van der Waals surface area contributed by atoms with E-state index < -0.39 is 0 Å². The quantitative estimate of drug-likeness (QED) is 0.191. The minimum atomic E-state index is 1.12. The Balaban J connectivity index is 1.30. The van der Waals surface area contributed by atoms with Crippen LogP contribution in [0.5, 0.6) is 0 Å². The second-order valence-corrected chi connectivity index (χ2v) is 11.4. The van der Waals surface area contributed by atoms with E-state index in [1.54, 1.807) is 0 Å². The highest BCUT2D eigenvalue weighted by Crippen LogP contribution is 2.43. The highest BCUT2D eigenvalue weighted by molar-refractivity contribution is 6.09. The molecule has 0 saturated carbocycles. The van der Waals surface area contributed by atoms with Crippen molar-refractivity contribution in [1.82, 2.24) is 0 Å². The number of nitrogens with zero attached hydrogens (tertiary/aromatic N) is 1. The fraction of sp³-hybridized carbons (Fsp3) is 0. The first-order chi connectivity index (χ1) is 22.3. The molecule has 8 rings (SSSR count). The fourth-order valence-electron chi connectivity index (χ4n) is 6.48. The maximum absolute atomic E-state index is 2.39. The molecular formula is C44H31N. The lowest BCUT2D eigenvalue weighted by molar-refractivity contribution is 1.30. The Morgan fingerprint density at radius 3 is 1.31 bits per heavy atom. The first kappa shape index (κ1) is 26.7. The number of rotatable bonds is 6. The molecule has 0 radical (unpaired) electrons. The summed E-state index contributed by atoms with van der Waals surface area (Å²) in [6.07, 6.45) is 0. The summed E-state index contributed by atoms with van der Waals surface area (Å²) in [5.74, 6) is 0. The van der Waals surface area contributed by atoms with Gasteiger partial charge >= 0.3 is 0 Å². The van der Waals surface area contributed by atoms with Crippen molar-refractivity contribution >= 4 is 38.6 Å². The summed E-state index contributed by atoms with van der Waals surface area (Å²) in [4.78, 5) is 2.39. The zero-order valence-electron chi connectivity index (χ0n) is 24.8. The van der Waals surface area contributed by atoms with Crippen LogP contribution in [0.15, 0.2) is 188 Å². The van der Waals surface area contributed by atoms with Crippen LogP contribution in [0.25, 0.3) is 54.9 Å². The van der Waals surface area contributed by atoms with Gasteiger partial charge < -0.3 is 4.90 Å². The first-order valence-corrected chi connectivity index (χ1v) is 15.4. The van der Waals surface area contributed by atoms with Gasteiger partial charge in [0.25, 0.3) is 0 Å². The maximum Gasteiger partial charge on any atom is 0.0540 e. The molecule has 1 heteroatoms. The second-order valence-electron chi connectivity index (χ2n) is 11.4. The van der Waals surface area contributed by atoms with Crippen LogP contribution in [0.2, 0.25) is 0 Å². The van der Waals surface area contributed by atoms with Crippen LogP contribution < -0.4 is 4.90 Å². The SMILES string of the molecule is c1ccc(-c2ccc(N(c3ccc(-c4ccccc4)cc3)c3cccc4c(-c5cccc6ccccc56)cccc34)cc2)cc1. The molecule has 0 aromatic heterocycles. The third kappa shape index (κ3) is 5.05. The molecule has 1 nitrogen and oxygen atoms in total. The third-order valence-corrected chi connectivity index (χ3v) is 8.69. The lowest BCUT2D eigenvalue weighted by Gasteiger charge is -2.27. The van der Waals surface area contributed by atoms with Gasteiger partial charge in [0.15, 0.2) is 0 Å². The van der Waals surface area contributed by atoms with Gasteiger partial charge in [-0.15, -0.1) is 0 Å². The van der Waals surface area contributed by atoms with Gasteiger partial charge in [-0.2, -0.15) is 0 Å². The van der Waals surface area contributed by atoms with Crippen molar-refractivity contribution in [2.45, 2.75) is 0 Å². The maximum atomic E-state index is 2.39. The van der Waals surface area contributed by atoms with Crippen LogP contribution >= 0.6 is 0 Å². The van der Waals surface area contributed by atoms with Crippen LogP contribution in [0, 0.1) is 0 Å². The Bertz CT molecular complexity index is 2150. The summed E-state index contributed by atoms with van der Waals surface area (Å²) < 4.78 is 0. The van der Waals surface area contributed by atoms with Crippen LogP contribution in [-0.4, -0.2) is 0 Å². The van der Waals surface area contributed by atoms with Gasteiger partial charge in [-0.05, 0) is 79.9 Å². The zero-order chi connectivity index (χ0) is 30.0. The summed E-state index contributed by atoms with van der Waals surface area (Å²) in [6.45, 7) is 0. The molecule has 0 bridgehead atoms. The van der Waals surface area contributed by atoms with E-state index in [0.717, 1.165) is 17.1 Å². The predicted molar refractivity (Wildman–Crippen MR) is 192 cm³/mol. The van der Waals surface area contributed by atoms with E-state index in [9.17, 15) is 0 Å². The monoisotopic (exact) mass is 573 g/mol. The van der Waals surface area contributed by atoms with Crippen LogP contribution in [0.4, 0.5) is 17.1 Å². The van der Waals surface area contributed by atoms with E-state index in [-0.39, 0.29) is 0 Å². The van der Waals surface area contributed by atoms with E-state index in [4.69, 9.17) is 0 Å². The Hall–Kier alpha value is -5.92. The summed E-state index contributed by atoms with van der Waals surface area (Å²) in [7, 11) is 0. The van der Waals surface area contributed by atoms with Gasteiger partial charge in [-0.25, -0.2) is 0 Å². The van der Waals surface area contributed by atoms with E-state index in [1.807, 2.05) is 0 Å². The number of fused-ring (bicyclic) bond motifs is 2. The van der Waals surface area contributed by atoms with Crippen molar-refractivity contribution in [1.29, 1.82) is 0 Å². The topological polar surface area (TPSA) is 3.24 Å². The minimum absolute atomic E-state index is 1.12. The molecule has 0 amide bonds. The van der Waals surface area contributed by atoms with Crippen molar-refractivity contribution in [3.8, 4) is 33.4 Å². The van der Waals surface area contributed by atoms with Crippen molar-refractivity contribution in [2.75, 3.05) is 4.90 Å². The fourth-order valence-corrected chi connectivity index (χ4v) is 6.48. The summed E-state index contributed by atoms with van der Waals surface area (Å²) in [5.41, 5.74) is 10.7. The average Bonchev–Trinajstić information content (AvgIpc) is 3.13. The van der Waals surface area contributed by atoms with Crippen LogP contribution in [0.1, 0.15) is 0 Å². The Morgan fingerprint density at radius 1 is 0.267 bits per heavy atom. The molecule has 0 aliphatic rings. The van der Waals surface area contributed by atoms with Gasteiger partial charge in [0.05, 0.1) is 5.69 Å². The first-order valence-electron chi connectivity index (χ1n) is 15.4. The molecule has 0 unspecified atom stereocenters. The molecule has 0 heterocycles. The Kier molecular flexibility index (Phi) is 6.90. The van der Waals surface area contributed by atoms with Crippen molar-refractivity contribution < 1.29 is 0 Å². The van der Waals surface area contributed by atoms with E-state index in [0.29, 0.717) is 0 Å². The highest BCUT2D eigenvalue weighted by Gasteiger charge is 2.17. The third-order valence-electron chi connectivity index (χ3n) is 8.69. The molecular weight excluding hydrogens is 542 g/mol.